The zero-order valence-electron chi connectivity index (χ0n) is 12.8. The number of methoxy groups -OCH3 is 1. The molecule has 2 heterocycles. The lowest BCUT2D eigenvalue weighted by atomic mass is 9.74. The van der Waals surface area contributed by atoms with E-state index in [1.165, 1.54) is 7.11 Å². The average molecular weight is 340 g/mol. The monoisotopic (exact) mass is 339 g/mol. The fourth-order valence-corrected chi connectivity index (χ4v) is 3.69. The van der Waals surface area contributed by atoms with E-state index in [1.54, 1.807) is 23.1 Å². The number of fused-ring (bicyclic) bond motifs is 1. The van der Waals surface area contributed by atoms with Crippen molar-refractivity contribution in [1.29, 1.82) is 0 Å². The molecule has 1 amide bonds. The lowest BCUT2D eigenvalue weighted by molar-refractivity contribution is -0.157. The number of rotatable bonds is 3. The zero-order valence-corrected chi connectivity index (χ0v) is 13.5. The fourth-order valence-electron chi connectivity index (χ4n) is 3.44. The molecule has 124 valence electrons. The summed E-state index contributed by atoms with van der Waals surface area (Å²) in [5, 5.41) is 10.0. The highest BCUT2D eigenvalue weighted by Crippen LogP contribution is 2.43. The molecule has 1 aromatic rings. The van der Waals surface area contributed by atoms with Crippen molar-refractivity contribution in [2.45, 2.75) is 6.42 Å². The number of likely N-dealkylation sites (tertiary alicyclic amines) is 1. The van der Waals surface area contributed by atoms with E-state index in [9.17, 15) is 14.7 Å². The first-order chi connectivity index (χ1) is 11.0. The van der Waals surface area contributed by atoms with E-state index in [2.05, 4.69) is 0 Å². The number of amides is 1. The van der Waals surface area contributed by atoms with Crippen molar-refractivity contribution in [3.63, 3.8) is 0 Å². The third-order valence-corrected chi connectivity index (χ3v) is 5.11. The summed E-state index contributed by atoms with van der Waals surface area (Å²) in [5.74, 6) is -0.751. The predicted molar refractivity (Wildman–Crippen MR) is 82.9 cm³/mol. The largest absolute Gasteiger partial charge is 0.495 e. The highest BCUT2D eigenvalue weighted by atomic mass is 35.5. The summed E-state index contributed by atoms with van der Waals surface area (Å²) in [5.41, 5.74) is -0.472. The Bertz CT molecular complexity index is 649. The minimum atomic E-state index is -0.899. The highest BCUT2D eigenvalue weighted by molar-refractivity contribution is 6.32. The van der Waals surface area contributed by atoms with Gasteiger partial charge in [0.15, 0.2) is 0 Å². The Labute approximate surface area is 138 Å². The van der Waals surface area contributed by atoms with Gasteiger partial charge >= 0.3 is 5.97 Å². The van der Waals surface area contributed by atoms with Crippen LogP contribution in [0.4, 0.5) is 0 Å². The van der Waals surface area contributed by atoms with Gasteiger partial charge in [0.25, 0.3) is 5.91 Å². The number of benzene rings is 1. The Morgan fingerprint density at radius 3 is 2.87 bits per heavy atom. The van der Waals surface area contributed by atoms with Crippen molar-refractivity contribution < 1.29 is 24.2 Å². The SMILES string of the molecule is COc1ccc(C(=O)N2C[C@@H]3COCC[C@]3(C(=O)O)C2)cc1Cl. The summed E-state index contributed by atoms with van der Waals surface area (Å²) < 4.78 is 10.5. The molecule has 1 N–H and O–H groups in total. The number of carbonyl (C=O) groups excluding carboxylic acids is 1. The van der Waals surface area contributed by atoms with Gasteiger partial charge in [0.1, 0.15) is 5.75 Å². The van der Waals surface area contributed by atoms with Crippen molar-refractivity contribution in [2.75, 3.05) is 33.4 Å². The fraction of sp³-hybridized carbons (Fsp3) is 0.500. The van der Waals surface area contributed by atoms with Gasteiger partial charge < -0.3 is 19.5 Å². The number of carboxylic acids is 1. The molecule has 7 heteroatoms. The Morgan fingerprint density at radius 2 is 2.26 bits per heavy atom. The number of aliphatic carboxylic acids is 1. The molecule has 2 aliphatic heterocycles. The van der Waals surface area contributed by atoms with E-state index in [4.69, 9.17) is 21.1 Å². The van der Waals surface area contributed by atoms with Gasteiger partial charge in [0.05, 0.1) is 24.2 Å². The van der Waals surface area contributed by atoms with Crippen LogP contribution in [0.2, 0.25) is 5.02 Å². The van der Waals surface area contributed by atoms with Crippen molar-refractivity contribution in [2.24, 2.45) is 11.3 Å². The molecule has 2 atom stereocenters. The van der Waals surface area contributed by atoms with Crippen LogP contribution in [-0.4, -0.2) is 55.3 Å². The first-order valence-corrected chi connectivity index (χ1v) is 7.79. The average Bonchev–Trinajstić information content (AvgIpc) is 2.95. The van der Waals surface area contributed by atoms with Crippen molar-refractivity contribution >= 4 is 23.5 Å². The number of hydrogen-bond acceptors (Lipinski definition) is 4. The smallest absolute Gasteiger partial charge is 0.311 e. The lowest BCUT2D eigenvalue weighted by Crippen LogP contribution is -2.45. The molecule has 2 aliphatic rings. The van der Waals surface area contributed by atoms with Crippen LogP contribution in [-0.2, 0) is 9.53 Å². The molecule has 0 spiro atoms. The van der Waals surface area contributed by atoms with Gasteiger partial charge in [-0.2, -0.15) is 0 Å². The number of carboxylic acid groups (broad SMARTS) is 1. The Balaban J connectivity index is 1.84. The second-order valence-corrected chi connectivity index (χ2v) is 6.43. The molecular formula is C16H18ClNO5. The minimum Gasteiger partial charge on any atom is -0.495 e. The molecule has 2 fully saturated rings. The molecule has 0 unspecified atom stereocenters. The number of carbonyl (C=O) groups is 2. The molecule has 2 saturated heterocycles. The molecule has 3 rings (SSSR count). The maximum Gasteiger partial charge on any atom is 0.311 e. The second kappa shape index (κ2) is 6.02. The van der Waals surface area contributed by atoms with Crippen LogP contribution in [0.25, 0.3) is 0 Å². The third kappa shape index (κ3) is 2.66. The number of halogens is 1. The molecule has 0 bridgehead atoms. The summed E-state index contributed by atoms with van der Waals surface area (Å²) in [6.45, 7) is 1.38. The Kier molecular flexibility index (Phi) is 4.21. The topological polar surface area (TPSA) is 76.1 Å². The van der Waals surface area contributed by atoms with Gasteiger partial charge in [0, 0.05) is 31.2 Å². The first-order valence-electron chi connectivity index (χ1n) is 7.42. The van der Waals surface area contributed by atoms with E-state index in [0.717, 1.165) is 0 Å². The maximum absolute atomic E-state index is 12.7. The van der Waals surface area contributed by atoms with E-state index in [1.807, 2.05) is 0 Å². The summed E-state index contributed by atoms with van der Waals surface area (Å²) in [7, 11) is 1.50. The van der Waals surface area contributed by atoms with Crippen LogP contribution in [0.15, 0.2) is 18.2 Å². The number of hydrogen-bond donors (Lipinski definition) is 1. The summed E-state index contributed by atoms with van der Waals surface area (Å²) in [6, 6.07) is 4.82. The van der Waals surface area contributed by atoms with Crippen molar-refractivity contribution in [3.05, 3.63) is 28.8 Å². The van der Waals surface area contributed by atoms with Crippen molar-refractivity contribution in [1.82, 2.24) is 4.90 Å². The van der Waals surface area contributed by atoms with Crippen LogP contribution >= 0.6 is 11.6 Å². The highest BCUT2D eigenvalue weighted by Gasteiger charge is 2.54. The number of nitrogens with zero attached hydrogens (tertiary/aromatic N) is 1. The summed E-state index contributed by atoms with van der Waals surface area (Å²) in [6.07, 6.45) is 0.431. The first kappa shape index (κ1) is 16.1. The van der Waals surface area contributed by atoms with Gasteiger partial charge in [-0.15, -0.1) is 0 Å². The van der Waals surface area contributed by atoms with E-state index in [0.29, 0.717) is 42.5 Å². The van der Waals surface area contributed by atoms with E-state index >= 15 is 0 Å². The summed E-state index contributed by atoms with van der Waals surface area (Å²) in [4.78, 5) is 26.1. The Morgan fingerprint density at radius 1 is 1.48 bits per heavy atom. The molecule has 23 heavy (non-hydrogen) atoms. The molecule has 6 nitrogen and oxygen atoms in total. The van der Waals surface area contributed by atoms with Gasteiger partial charge in [-0.3, -0.25) is 9.59 Å². The van der Waals surface area contributed by atoms with Crippen LogP contribution < -0.4 is 4.74 Å². The Hall–Kier alpha value is -1.79. The number of ether oxygens (including phenoxy) is 2. The van der Waals surface area contributed by atoms with E-state index < -0.39 is 11.4 Å². The van der Waals surface area contributed by atoms with Gasteiger partial charge in [-0.1, -0.05) is 11.6 Å². The van der Waals surface area contributed by atoms with Gasteiger partial charge in [-0.05, 0) is 24.6 Å². The summed E-state index contributed by atoms with van der Waals surface area (Å²) >= 11 is 6.07. The quantitative estimate of drug-likeness (QED) is 0.910. The molecule has 1 aromatic carbocycles. The van der Waals surface area contributed by atoms with E-state index in [-0.39, 0.29) is 18.4 Å². The third-order valence-electron chi connectivity index (χ3n) is 4.82. The maximum atomic E-state index is 12.7. The van der Waals surface area contributed by atoms with Crippen molar-refractivity contribution in [3.8, 4) is 5.75 Å². The molecule has 0 radical (unpaired) electrons. The molecule has 0 aliphatic carbocycles. The normalized spacial score (nSPS) is 26.7. The lowest BCUT2D eigenvalue weighted by Gasteiger charge is -2.33. The van der Waals surface area contributed by atoms with Crippen LogP contribution in [0.1, 0.15) is 16.8 Å². The van der Waals surface area contributed by atoms with Crippen LogP contribution in [0.5, 0.6) is 5.75 Å². The predicted octanol–water partition coefficient (Wildman–Crippen LogP) is 1.91. The van der Waals surface area contributed by atoms with Gasteiger partial charge in [-0.25, -0.2) is 0 Å². The minimum absolute atomic E-state index is 0.175. The zero-order chi connectivity index (χ0) is 16.6. The van der Waals surface area contributed by atoms with Gasteiger partial charge in [0.2, 0.25) is 0 Å². The second-order valence-electron chi connectivity index (χ2n) is 6.02. The van der Waals surface area contributed by atoms with Crippen LogP contribution in [0.3, 0.4) is 0 Å². The van der Waals surface area contributed by atoms with Crippen LogP contribution in [0, 0.1) is 11.3 Å². The molecule has 0 saturated carbocycles. The standard InChI is InChI=1S/C16H18ClNO5/c1-22-13-3-2-10(6-12(13)17)14(19)18-7-11-8-23-5-4-16(11,9-18)15(20)21/h2-3,6,11H,4-5,7-9H2,1H3,(H,20,21)/t11-,16+/m1/s1. The molecular weight excluding hydrogens is 322 g/mol. The molecule has 0 aromatic heterocycles.